The summed E-state index contributed by atoms with van der Waals surface area (Å²) in [4.78, 5) is 42.4. The Morgan fingerprint density at radius 2 is 1.59 bits per heavy atom. The fourth-order valence-electron chi connectivity index (χ4n) is 10.3. The van der Waals surface area contributed by atoms with E-state index in [2.05, 4.69) is 62.0 Å². The van der Waals surface area contributed by atoms with Gasteiger partial charge in [0.2, 0.25) is 0 Å². The van der Waals surface area contributed by atoms with Gasteiger partial charge in [0.25, 0.3) is 0 Å². The topological polar surface area (TPSA) is 149 Å². The summed E-state index contributed by atoms with van der Waals surface area (Å²) in [5, 5.41) is 30.8. The molecule has 8 bridgehead atoms. The van der Waals surface area contributed by atoms with Gasteiger partial charge in [-0.25, -0.2) is 0 Å². The normalized spacial score (nSPS) is 22.0. The zero-order chi connectivity index (χ0) is 47.3. The van der Waals surface area contributed by atoms with E-state index >= 15 is 0 Å². The molecule has 1 unspecified atom stereocenters. The zero-order valence-corrected chi connectivity index (χ0v) is 43.1. The maximum atomic E-state index is 13.6. The van der Waals surface area contributed by atoms with Crippen molar-refractivity contribution in [2.75, 3.05) is 13.7 Å². The minimum Gasteiger partial charge on any atom is -0.681 e. The fourth-order valence-corrected chi connectivity index (χ4v) is 10.3. The van der Waals surface area contributed by atoms with E-state index in [1.165, 1.54) is 26.4 Å². The number of hydrogen-bond acceptors (Lipinski definition) is 6. The van der Waals surface area contributed by atoms with Crippen LogP contribution >= 0.6 is 0 Å². The number of fused-ring (bicyclic) bond motifs is 8. The SMILES string of the molecule is C=Cc1c2[n-]c(c1C)/C=C1\[N-]C(C3=c4[n-]c(c(C)c4=C(O)[C@@H]3C(=O)OC)/C=c3\[n-]/c(c(C)c3CC)=C\2)[C@@H](CCC(=O)OC/C=C(\C)CCC[C@H](C)[C@@H](O)CC[C@H](C)CCCC(C)C)[C@@H]1C.[Mg+2]. The Hall–Kier alpha value is -4.19. The number of allylic oxidation sites excluding steroid dienone is 2. The summed E-state index contributed by atoms with van der Waals surface area (Å²) in [5.74, 6) is -0.829. The van der Waals surface area contributed by atoms with Gasteiger partial charge in [0.1, 0.15) is 18.3 Å². The molecule has 10 nitrogen and oxygen atoms in total. The van der Waals surface area contributed by atoms with Crippen molar-refractivity contribution in [1.29, 1.82) is 0 Å². The van der Waals surface area contributed by atoms with Crippen molar-refractivity contribution in [2.24, 2.45) is 35.5 Å². The molecule has 2 aliphatic heterocycles. The summed E-state index contributed by atoms with van der Waals surface area (Å²) in [6.45, 7) is 25.6. The maximum absolute atomic E-state index is 13.6. The smallest absolute Gasteiger partial charge is 0.681 e. The second kappa shape index (κ2) is 23.2. The van der Waals surface area contributed by atoms with Crippen molar-refractivity contribution in [3.05, 3.63) is 95.4 Å². The van der Waals surface area contributed by atoms with E-state index in [9.17, 15) is 19.8 Å². The summed E-state index contributed by atoms with van der Waals surface area (Å²) in [6, 6.07) is -0.593. The molecule has 1 aliphatic carbocycles. The number of rotatable bonds is 20. The molecule has 3 aliphatic rings. The molecule has 1 saturated heterocycles. The van der Waals surface area contributed by atoms with Crippen LogP contribution in [-0.2, 0) is 25.5 Å². The second-order valence-corrected chi connectivity index (χ2v) is 19.7. The first-order valence-corrected chi connectivity index (χ1v) is 24.2. The molecule has 0 radical (unpaired) electrons. The van der Waals surface area contributed by atoms with Gasteiger partial charge in [-0.15, -0.1) is 33.1 Å². The number of aromatic nitrogens is 3. The van der Waals surface area contributed by atoms with E-state index in [0.717, 1.165) is 106 Å². The fraction of sp³-hybridized carbons (Fsp3) is 0.564. The Balaban J connectivity index is 0.00000817. The van der Waals surface area contributed by atoms with Gasteiger partial charge in [-0.2, -0.15) is 5.70 Å². The van der Waals surface area contributed by atoms with Crippen LogP contribution in [0.4, 0.5) is 0 Å². The monoisotopic (exact) mass is 911 g/mol. The number of nitrogens with zero attached hydrogens (tertiary/aromatic N) is 4. The largest absolute Gasteiger partial charge is 2.00 e. The van der Waals surface area contributed by atoms with Gasteiger partial charge in [-0.1, -0.05) is 131 Å². The van der Waals surface area contributed by atoms with E-state index in [1.54, 1.807) is 0 Å². The zero-order valence-electron chi connectivity index (χ0n) is 41.7. The quantitative estimate of drug-likeness (QED) is 0.0663. The van der Waals surface area contributed by atoms with E-state index in [0.29, 0.717) is 34.2 Å². The van der Waals surface area contributed by atoms with E-state index < -0.39 is 17.9 Å². The maximum Gasteiger partial charge on any atom is 2.00 e. The number of carbonyl (C=O) groups is 2. The van der Waals surface area contributed by atoms with Gasteiger partial charge < -0.3 is 40.0 Å². The minimum atomic E-state index is -1.09. The van der Waals surface area contributed by atoms with Gasteiger partial charge in [0.15, 0.2) is 0 Å². The van der Waals surface area contributed by atoms with Gasteiger partial charge >= 0.3 is 35.0 Å². The summed E-state index contributed by atoms with van der Waals surface area (Å²) < 4.78 is 11.1. The van der Waals surface area contributed by atoms with Crippen molar-refractivity contribution in [3.8, 4) is 0 Å². The van der Waals surface area contributed by atoms with Crippen molar-refractivity contribution < 1.29 is 29.3 Å². The van der Waals surface area contributed by atoms with Crippen molar-refractivity contribution in [1.82, 2.24) is 15.0 Å². The first kappa shape index (κ1) is 52.8. The van der Waals surface area contributed by atoms with Gasteiger partial charge in [0, 0.05) is 11.6 Å². The Morgan fingerprint density at radius 3 is 2.27 bits per heavy atom. The van der Waals surface area contributed by atoms with Crippen molar-refractivity contribution in [3.63, 3.8) is 0 Å². The molecule has 11 heteroatoms. The van der Waals surface area contributed by atoms with Crippen LogP contribution in [0.1, 0.15) is 158 Å². The Kier molecular flexibility index (Phi) is 18.6. The first-order valence-electron chi connectivity index (χ1n) is 24.2. The third kappa shape index (κ3) is 11.6. The number of methoxy groups -OCH3 is 1. The molecule has 0 saturated carbocycles. The van der Waals surface area contributed by atoms with Crippen LogP contribution in [0.2, 0.25) is 0 Å². The first-order chi connectivity index (χ1) is 31.0. The van der Waals surface area contributed by atoms with Crippen LogP contribution in [0.15, 0.2) is 23.9 Å². The number of carbonyl (C=O) groups excluding carboxylic acids is 2. The molecule has 354 valence electrons. The van der Waals surface area contributed by atoms with Crippen LogP contribution in [-0.4, -0.2) is 71.1 Å². The van der Waals surface area contributed by atoms with E-state index in [1.807, 2.05) is 44.2 Å². The summed E-state index contributed by atoms with van der Waals surface area (Å²) >= 11 is 0. The Bertz CT molecular complexity index is 2550. The molecule has 3 aromatic heterocycles. The molecule has 2 N–H and O–H groups in total. The molecule has 7 atom stereocenters. The van der Waals surface area contributed by atoms with Gasteiger partial charge in [-0.05, 0) is 114 Å². The molecule has 1 fully saturated rings. The third-order valence-corrected chi connectivity index (χ3v) is 14.7. The van der Waals surface area contributed by atoms with Gasteiger partial charge in [-0.3, -0.25) is 9.59 Å². The van der Waals surface area contributed by atoms with Crippen LogP contribution in [0.3, 0.4) is 0 Å². The summed E-state index contributed by atoms with van der Waals surface area (Å²) in [5.41, 5.74) is 9.53. The molecule has 3 aromatic rings. The molecule has 5 heterocycles. The number of esters is 2. The number of aliphatic hydroxyl groups is 2. The molecule has 66 heavy (non-hydrogen) atoms. The molecular formula is C55H74MgN4O6-2. The average molecular weight is 912 g/mol. The van der Waals surface area contributed by atoms with Crippen LogP contribution in [0.25, 0.3) is 41.0 Å². The number of ether oxygens (including phenoxy) is 2. The average Bonchev–Trinajstić information content (AvgIpc) is 4.01. The molecule has 0 spiro atoms. The van der Waals surface area contributed by atoms with Gasteiger partial charge in [0.05, 0.1) is 13.2 Å². The standard InChI is InChI=1S/C55H74N4O6.Mg/c1-13-38-34(8)41-27-43-36(10)40(22-24-48(61)65-26-25-32(6)19-16-20-33(7)47(60)23-21-31(5)18-15-17-30(3)4)52(58-43)50-51(55(63)64-12)54(62)49-37(11)44(59-53(49)50)29-46-39(14-2)35(9)42(57-46)28-45(38)56-41;/h13,25,27-31,33,36,40,47,51-52,60,62H,1,14-24,26H2,2-12H3;/q-4;+2/b32-25+,42-28-,43-27-,46-29-;/t31-,33+,36+,40+,47+,51-,52?;/m1./s1. The summed E-state index contributed by atoms with van der Waals surface area (Å²) in [7, 11) is 1.32. The molecular weight excluding hydrogens is 837 g/mol. The van der Waals surface area contributed by atoms with Crippen LogP contribution in [0, 0.1) is 56.3 Å². The van der Waals surface area contributed by atoms with Crippen LogP contribution in [0.5, 0.6) is 0 Å². The second-order valence-electron chi connectivity index (χ2n) is 19.7. The van der Waals surface area contributed by atoms with Crippen molar-refractivity contribution >= 4 is 70.6 Å². The molecule has 0 amide bonds. The van der Waals surface area contributed by atoms with E-state index in [-0.39, 0.29) is 71.7 Å². The predicted octanol–water partition coefficient (Wildman–Crippen LogP) is 7.63. The third-order valence-electron chi connectivity index (χ3n) is 14.7. The Morgan fingerprint density at radius 1 is 0.879 bits per heavy atom. The Labute approximate surface area is 409 Å². The number of aliphatic hydroxyl groups excluding tert-OH is 2. The van der Waals surface area contributed by atoms with E-state index in [4.69, 9.17) is 29.7 Å². The van der Waals surface area contributed by atoms with Crippen molar-refractivity contribution in [2.45, 2.75) is 152 Å². The minimum absolute atomic E-state index is 0. The molecule has 6 rings (SSSR count). The predicted molar refractivity (Wildman–Crippen MR) is 267 cm³/mol. The summed E-state index contributed by atoms with van der Waals surface area (Å²) in [6.07, 6.45) is 19.4. The molecule has 0 aromatic carbocycles. The van der Waals surface area contributed by atoms with Crippen LogP contribution < -0.4 is 36.2 Å². The number of hydrogen-bond donors (Lipinski definition) is 2.